The SMILES string of the molecule is CCN(c1nc(OCC23CCCN2CC(F)C3)nc2c(C(F)(F)F)c(-c3ccc(F)c4sc(N)c(C#N)c34)c(C(F)(F)F)cc12)C1CCN(C(=O)C2CCO2)C1C. The van der Waals surface area contributed by atoms with Gasteiger partial charge in [0.15, 0.2) is 0 Å². The van der Waals surface area contributed by atoms with E-state index >= 15 is 30.7 Å². The maximum atomic E-state index is 15.8. The van der Waals surface area contributed by atoms with E-state index in [1.807, 2.05) is 4.90 Å². The van der Waals surface area contributed by atoms with E-state index in [4.69, 9.17) is 15.2 Å². The van der Waals surface area contributed by atoms with Gasteiger partial charge in [0.25, 0.3) is 5.91 Å². The zero-order valence-corrected chi connectivity index (χ0v) is 31.6. The lowest BCUT2D eigenvalue weighted by atomic mass is 9.88. The van der Waals surface area contributed by atoms with E-state index < -0.39 is 103 Å². The number of nitrogens with zero attached hydrogens (tertiary/aromatic N) is 6. The maximum absolute atomic E-state index is 15.8. The number of anilines is 2. The number of carbonyl (C=O) groups is 1. The van der Waals surface area contributed by atoms with Gasteiger partial charge in [-0.1, -0.05) is 6.07 Å². The minimum atomic E-state index is -5.52. The van der Waals surface area contributed by atoms with Gasteiger partial charge >= 0.3 is 18.4 Å². The van der Waals surface area contributed by atoms with Crippen molar-refractivity contribution in [2.75, 3.05) is 50.0 Å². The van der Waals surface area contributed by atoms with Crippen LogP contribution in [-0.2, 0) is 21.9 Å². The Balaban J connectivity index is 1.38. The zero-order valence-electron chi connectivity index (χ0n) is 30.7. The van der Waals surface area contributed by atoms with Gasteiger partial charge < -0.3 is 25.0 Å². The molecular weight excluding hydrogens is 787 g/mol. The summed E-state index contributed by atoms with van der Waals surface area (Å²) in [4.78, 5) is 27.1. The number of fused-ring (bicyclic) bond motifs is 3. The summed E-state index contributed by atoms with van der Waals surface area (Å²) in [6, 6.07) is 2.03. The van der Waals surface area contributed by atoms with Gasteiger partial charge in [-0.25, -0.2) is 8.78 Å². The number of aromatic nitrogens is 2. The fraction of sp³-hybridized carbons (Fsp3) is 0.526. The standard InChI is InChI=1S/C38H37F8N7O3S/c1-3-52(25-7-11-53(18(25)2)34(54)26-8-12-55-26)33-21-13-23(37(41,42)43)28(20-5-6-24(40)31-27(20)22(15-47)32(48)57-31)29(38(44,45)46)30(21)49-35(50-33)56-17-36-9-4-10-51(36)16-19(39)14-36/h5-6,13,18-19,25-26H,3-4,7-12,14,16-17,48H2,1-2H3. The number of ether oxygens (including phenoxy) is 2. The number of benzene rings is 2. The summed E-state index contributed by atoms with van der Waals surface area (Å²) in [5.74, 6) is -1.53. The second-order valence-corrected chi connectivity index (χ2v) is 16.1. The van der Waals surface area contributed by atoms with Crippen LogP contribution in [0.4, 0.5) is 45.9 Å². The molecule has 8 rings (SSSR count). The van der Waals surface area contributed by atoms with Crippen LogP contribution in [0, 0.1) is 17.1 Å². The van der Waals surface area contributed by atoms with Crippen molar-refractivity contribution in [1.82, 2.24) is 19.8 Å². The van der Waals surface area contributed by atoms with Crippen molar-refractivity contribution in [1.29, 1.82) is 5.26 Å². The molecule has 4 aliphatic rings. The Morgan fingerprint density at radius 1 is 1.18 bits per heavy atom. The molecule has 304 valence electrons. The first-order valence-corrected chi connectivity index (χ1v) is 19.4. The first kappa shape index (κ1) is 39.3. The number of likely N-dealkylation sites (tertiary alicyclic amines) is 1. The van der Waals surface area contributed by atoms with Gasteiger partial charge in [-0.05, 0) is 57.4 Å². The monoisotopic (exact) mass is 823 g/mol. The van der Waals surface area contributed by atoms with Gasteiger partial charge in [-0.2, -0.15) is 41.6 Å². The molecule has 0 saturated carbocycles. The number of carbonyl (C=O) groups excluding carboxylic acids is 1. The molecule has 2 aromatic heterocycles. The van der Waals surface area contributed by atoms with E-state index in [0.29, 0.717) is 49.8 Å². The molecule has 6 heterocycles. The normalized spacial score (nSPS) is 25.2. The number of nitriles is 1. The van der Waals surface area contributed by atoms with E-state index in [9.17, 15) is 14.4 Å². The van der Waals surface area contributed by atoms with Crippen molar-refractivity contribution in [2.45, 2.75) is 88.2 Å². The summed E-state index contributed by atoms with van der Waals surface area (Å²) in [5, 5.41) is 8.54. The van der Waals surface area contributed by atoms with Crippen LogP contribution in [0.3, 0.4) is 0 Å². The molecule has 0 aliphatic carbocycles. The number of alkyl halides is 7. The highest BCUT2D eigenvalue weighted by Gasteiger charge is 2.50. The Hall–Kier alpha value is -4.54. The highest BCUT2D eigenvalue weighted by molar-refractivity contribution is 7.23. The van der Waals surface area contributed by atoms with Gasteiger partial charge in [0.05, 0.1) is 45.1 Å². The summed E-state index contributed by atoms with van der Waals surface area (Å²) in [5.41, 5.74) is -1.85. The molecule has 4 fully saturated rings. The number of nitrogen functional groups attached to an aromatic ring is 1. The lowest BCUT2D eigenvalue weighted by molar-refractivity contribution is -0.156. The summed E-state index contributed by atoms with van der Waals surface area (Å²) in [6.07, 6.45) is -10.5. The Morgan fingerprint density at radius 3 is 2.58 bits per heavy atom. The van der Waals surface area contributed by atoms with Crippen molar-refractivity contribution in [2.24, 2.45) is 0 Å². The number of rotatable bonds is 8. The van der Waals surface area contributed by atoms with Crippen LogP contribution >= 0.6 is 11.3 Å². The van der Waals surface area contributed by atoms with Crippen LogP contribution in [0.5, 0.6) is 6.01 Å². The first-order chi connectivity index (χ1) is 27.0. The molecule has 0 bridgehead atoms. The smallest absolute Gasteiger partial charge is 0.419 e. The van der Waals surface area contributed by atoms with Gasteiger partial charge in [-0.3, -0.25) is 9.69 Å². The van der Waals surface area contributed by atoms with E-state index in [1.54, 1.807) is 29.7 Å². The van der Waals surface area contributed by atoms with Gasteiger partial charge in [0.2, 0.25) is 0 Å². The van der Waals surface area contributed by atoms with Gasteiger partial charge in [0, 0.05) is 54.9 Å². The molecule has 4 aliphatic heterocycles. The second kappa shape index (κ2) is 14.1. The quantitative estimate of drug-likeness (QED) is 0.178. The molecule has 1 amide bonds. The van der Waals surface area contributed by atoms with Crippen LogP contribution in [0.1, 0.15) is 62.6 Å². The van der Waals surface area contributed by atoms with Crippen LogP contribution in [0.25, 0.3) is 32.1 Å². The molecule has 57 heavy (non-hydrogen) atoms. The number of thiophene rings is 1. The molecule has 5 atom stereocenters. The molecule has 2 N–H and O–H groups in total. The van der Waals surface area contributed by atoms with Crippen molar-refractivity contribution >= 4 is 49.1 Å². The fourth-order valence-electron chi connectivity index (χ4n) is 9.26. The maximum Gasteiger partial charge on any atom is 0.419 e. The minimum Gasteiger partial charge on any atom is -0.461 e. The van der Waals surface area contributed by atoms with Crippen molar-refractivity contribution < 1.29 is 49.4 Å². The van der Waals surface area contributed by atoms with Crippen LogP contribution in [-0.4, -0.2) is 95.0 Å². The predicted molar refractivity (Wildman–Crippen MR) is 195 cm³/mol. The van der Waals surface area contributed by atoms with Crippen molar-refractivity contribution in [3.8, 4) is 23.2 Å². The largest absolute Gasteiger partial charge is 0.461 e. The third-order valence-electron chi connectivity index (χ3n) is 12.0. The zero-order chi connectivity index (χ0) is 40.8. The Bertz CT molecular complexity index is 2310. The van der Waals surface area contributed by atoms with E-state index in [1.165, 1.54) is 0 Å². The second-order valence-electron chi connectivity index (χ2n) is 15.1. The van der Waals surface area contributed by atoms with Crippen molar-refractivity contribution in [3.63, 3.8) is 0 Å². The summed E-state index contributed by atoms with van der Waals surface area (Å²) in [7, 11) is 0. The summed E-state index contributed by atoms with van der Waals surface area (Å²) < 4.78 is 134. The average Bonchev–Trinajstić information content (AvgIpc) is 3.86. The molecule has 2 aromatic carbocycles. The number of likely N-dealkylation sites (N-methyl/N-ethyl adjacent to an activating group) is 1. The van der Waals surface area contributed by atoms with Gasteiger partial charge in [0.1, 0.15) is 41.6 Å². The average molecular weight is 824 g/mol. The third kappa shape index (κ3) is 6.47. The predicted octanol–water partition coefficient (Wildman–Crippen LogP) is 7.70. The van der Waals surface area contributed by atoms with E-state index in [2.05, 4.69) is 9.97 Å². The number of amides is 1. The van der Waals surface area contributed by atoms with Crippen LogP contribution in [0.15, 0.2) is 18.2 Å². The van der Waals surface area contributed by atoms with E-state index in [0.717, 1.165) is 18.6 Å². The number of hydrogen-bond donors (Lipinski definition) is 1. The molecule has 10 nitrogen and oxygen atoms in total. The third-order valence-corrected chi connectivity index (χ3v) is 13.0. The highest BCUT2D eigenvalue weighted by atomic mass is 32.1. The molecule has 4 saturated heterocycles. The van der Waals surface area contributed by atoms with E-state index in [-0.39, 0.29) is 49.4 Å². The first-order valence-electron chi connectivity index (χ1n) is 18.6. The summed E-state index contributed by atoms with van der Waals surface area (Å²) >= 11 is 0.529. The highest BCUT2D eigenvalue weighted by Crippen LogP contribution is 2.52. The number of nitrogens with two attached hydrogens (primary N) is 1. The molecule has 0 spiro atoms. The molecule has 19 heteroatoms. The van der Waals surface area contributed by atoms with Crippen LogP contribution in [0.2, 0.25) is 0 Å². The minimum absolute atomic E-state index is 0.0481. The fourth-order valence-corrected chi connectivity index (χ4v) is 10.2. The number of hydrogen-bond acceptors (Lipinski definition) is 10. The Morgan fingerprint density at radius 2 is 1.93 bits per heavy atom. The molecule has 4 aromatic rings. The summed E-state index contributed by atoms with van der Waals surface area (Å²) in [6.45, 7) is 4.70. The van der Waals surface area contributed by atoms with Gasteiger partial charge in [-0.15, -0.1) is 11.3 Å². The van der Waals surface area contributed by atoms with Crippen LogP contribution < -0.4 is 15.4 Å². The number of halogens is 8. The Labute approximate surface area is 325 Å². The Kier molecular flexibility index (Phi) is 9.71. The molecule has 0 radical (unpaired) electrons. The topological polar surface area (TPSA) is 121 Å². The molecule has 5 unspecified atom stereocenters. The van der Waals surface area contributed by atoms with Crippen molar-refractivity contribution in [3.05, 3.63) is 40.7 Å². The lowest BCUT2D eigenvalue weighted by Crippen LogP contribution is -2.51. The lowest BCUT2D eigenvalue weighted by Gasteiger charge is -2.37. The molecular formula is C38H37F8N7O3S.